The third kappa shape index (κ3) is 4.79. The molecule has 11 heteroatoms. The Balaban J connectivity index is 1.98. The van der Waals surface area contributed by atoms with E-state index < -0.39 is 4.92 Å². The number of carbonyl (C=O) groups excluding carboxylic acids is 1. The maximum absolute atomic E-state index is 11.9. The van der Waals surface area contributed by atoms with Crippen LogP contribution < -0.4 is 16.8 Å². The van der Waals surface area contributed by atoms with Crippen LogP contribution in [0.3, 0.4) is 0 Å². The monoisotopic (exact) mass is 398 g/mol. The Bertz CT molecular complexity index is 752. The van der Waals surface area contributed by atoms with Gasteiger partial charge in [-0.2, -0.15) is 0 Å². The minimum Gasteiger partial charge on any atom is -0.383 e. The van der Waals surface area contributed by atoms with Crippen LogP contribution in [0.1, 0.15) is 0 Å². The maximum atomic E-state index is 11.9. The van der Waals surface area contributed by atoms with E-state index in [1.165, 1.54) is 24.3 Å². The van der Waals surface area contributed by atoms with Crippen LogP contribution in [-0.4, -0.2) is 26.6 Å². The highest BCUT2D eigenvalue weighted by Gasteiger charge is 2.12. The normalized spacial score (nSPS) is 10.3. The molecule has 1 aromatic carbocycles. The number of carbonyl (C=O) groups is 1. The number of benzene rings is 1. The van der Waals surface area contributed by atoms with Crippen LogP contribution in [0.25, 0.3) is 0 Å². The Labute approximate surface area is 143 Å². The third-order valence-corrected chi connectivity index (χ3v) is 4.02. The molecule has 0 saturated carbocycles. The fraction of sp³-hybridized carbons (Fsp3) is 0.0833. The van der Waals surface area contributed by atoms with Crippen LogP contribution in [0.4, 0.5) is 23.0 Å². The molecule has 2 rings (SSSR count). The van der Waals surface area contributed by atoms with Gasteiger partial charge in [-0.15, -0.1) is 0 Å². The van der Waals surface area contributed by atoms with Gasteiger partial charge in [-0.1, -0.05) is 11.8 Å². The Kier molecular flexibility index (Phi) is 5.34. The molecular weight excluding hydrogens is 388 g/mol. The minimum atomic E-state index is -0.520. The number of rotatable bonds is 5. The summed E-state index contributed by atoms with van der Waals surface area (Å²) in [5.74, 6) is 0.151. The molecule has 0 spiro atoms. The molecule has 5 N–H and O–H groups in total. The van der Waals surface area contributed by atoms with E-state index in [0.29, 0.717) is 15.3 Å². The summed E-state index contributed by atoms with van der Waals surface area (Å²) in [5.41, 5.74) is 11.4. The molecule has 0 aliphatic heterocycles. The highest BCUT2D eigenvalue weighted by Crippen LogP contribution is 2.27. The third-order valence-electron chi connectivity index (χ3n) is 2.52. The van der Waals surface area contributed by atoms with Gasteiger partial charge in [0.15, 0.2) is 5.16 Å². The Morgan fingerprint density at radius 2 is 1.96 bits per heavy atom. The van der Waals surface area contributed by atoms with Crippen LogP contribution in [-0.2, 0) is 4.79 Å². The first-order chi connectivity index (χ1) is 10.8. The van der Waals surface area contributed by atoms with Crippen molar-refractivity contribution < 1.29 is 9.72 Å². The zero-order chi connectivity index (χ0) is 17.0. The lowest BCUT2D eigenvalue weighted by Crippen LogP contribution is -2.15. The number of hydrogen-bond donors (Lipinski definition) is 3. The molecule has 23 heavy (non-hydrogen) atoms. The van der Waals surface area contributed by atoms with Crippen LogP contribution in [0.5, 0.6) is 0 Å². The predicted octanol–water partition coefficient (Wildman–Crippen LogP) is 2.04. The van der Waals surface area contributed by atoms with E-state index in [2.05, 4.69) is 31.2 Å². The van der Waals surface area contributed by atoms with Crippen molar-refractivity contribution in [3.8, 4) is 0 Å². The van der Waals surface area contributed by atoms with Crippen molar-refractivity contribution in [3.63, 3.8) is 0 Å². The SMILES string of the molecule is Nc1cc(N)nc(SCC(=O)Nc2ccc([N+](=O)[O-])cc2Br)n1. The summed E-state index contributed by atoms with van der Waals surface area (Å²) in [4.78, 5) is 30.0. The average Bonchev–Trinajstić information content (AvgIpc) is 2.46. The van der Waals surface area contributed by atoms with Gasteiger partial charge in [0.2, 0.25) is 5.91 Å². The molecule has 0 radical (unpaired) electrons. The second-order valence-corrected chi connectivity index (χ2v) is 6.06. The first kappa shape index (κ1) is 17.0. The number of thioether (sulfide) groups is 1. The second kappa shape index (κ2) is 7.24. The largest absolute Gasteiger partial charge is 0.383 e. The van der Waals surface area contributed by atoms with Gasteiger partial charge in [-0.05, 0) is 22.0 Å². The van der Waals surface area contributed by atoms with Crippen LogP contribution >= 0.6 is 27.7 Å². The summed E-state index contributed by atoms with van der Waals surface area (Å²) in [5, 5.41) is 13.6. The highest BCUT2D eigenvalue weighted by atomic mass is 79.9. The molecule has 1 aromatic heterocycles. The molecule has 0 aliphatic carbocycles. The van der Waals surface area contributed by atoms with Crippen molar-refractivity contribution in [2.75, 3.05) is 22.5 Å². The number of halogens is 1. The Morgan fingerprint density at radius 3 is 2.52 bits per heavy atom. The minimum absolute atomic E-state index is 0.0340. The highest BCUT2D eigenvalue weighted by molar-refractivity contribution is 9.10. The number of nitrogens with zero attached hydrogens (tertiary/aromatic N) is 3. The summed E-state index contributed by atoms with van der Waals surface area (Å²) in [6.07, 6.45) is 0. The van der Waals surface area contributed by atoms with Crippen LogP contribution in [0.15, 0.2) is 33.9 Å². The van der Waals surface area contributed by atoms with Gasteiger partial charge in [0.25, 0.3) is 5.69 Å². The van der Waals surface area contributed by atoms with Gasteiger partial charge in [-0.3, -0.25) is 14.9 Å². The lowest BCUT2D eigenvalue weighted by atomic mass is 10.3. The number of anilines is 3. The van der Waals surface area contributed by atoms with E-state index in [4.69, 9.17) is 11.5 Å². The van der Waals surface area contributed by atoms with E-state index >= 15 is 0 Å². The molecule has 0 atom stereocenters. The van der Waals surface area contributed by atoms with E-state index in [1.807, 2.05) is 0 Å². The van der Waals surface area contributed by atoms with Crippen molar-refractivity contribution in [2.45, 2.75) is 5.16 Å². The molecule has 0 fully saturated rings. The number of aromatic nitrogens is 2. The van der Waals surface area contributed by atoms with E-state index in [9.17, 15) is 14.9 Å². The fourth-order valence-corrected chi connectivity index (χ4v) is 2.70. The second-order valence-electron chi connectivity index (χ2n) is 4.26. The van der Waals surface area contributed by atoms with Crippen molar-refractivity contribution in [1.82, 2.24) is 9.97 Å². The van der Waals surface area contributed by atoms with E-state index in [1.54, 1.807) is 0 Å². The topological polar surface area (TPSA) is 150 Å². The molecule has 0 saturated heterocycles. The predicted molar refractivity (Wildman–Crippen MR) is 91.0 cm³/mol. The van der Waals surface area contributed by atoms with E-state index in [0.717, 1.165) is 11.8 Å². The van der Waals surface area contributed by atoms with Crippen molar-refractivity contribution in [1.29, 1.82) is 0 Å². The number of amides is 1. The lowest BCUT2D eigenvalue weighted by Gasteiger charge is -2.07. The molecule has 1 heterocycles. The number of nitrogens with one attached hydrogen (secondary N) is 1. The molecule has 0 aliphatic rings. The van der Waals surface area contributed by atoms with Gasteiger partial charge in [0.1, 0.15) is 11.6 Å². The van der Waals surface area contributed by atoms with Gasteiger partial charge in [0.05, 0.1) is 16.4 Å². The van der Waals surface area contributed by atoms with Gasteiger partial charge in [-0.25, -0.2) is 9.97 Å². The number of nitrogens with two attached hydrogens (primary N) is 2. The number of non-ortho nitro benzene ring substituents is 1. The molecule has 120 valence electrons. The summed E-state index contributed by atoms with van der Waals surface area (Å²) in [6, 6.07) is 5.47. The summed E-state index contributed by atoms with van der Waals surface area (Å²) < 4.78 is 0.412. The smallest absolute Gasteiger partial charge is 0.270 e. The van der Waals surface area contributed by atoms with Gasteiger partial charge in [0, 0.05) is 22.7 Å². The van der Waals surface area contributed by atoms with Gasteiger partial charge < -0.3 is 16.8 Å². The Hall–Kier alpha value is -2.40. The summed E-state index contributed by atoms with van der Waals surface area (Å²) in [7, 11) is 0. The van der Waals surface area contributed by atoms with Crippen molar-refractivity contribution >= 4 is 56.6 Å². The molecule has 9 nitrogen and oxygen atoms in total. The lowest BCUT2D eigenvalue weighted by molar-refractivity contribution is -0.384. The van der Waals surface area contributed by atoms with Crippen LogP contribution in [0, 0.1) is 10.1 Å². The van der Waals surface area contributed by atoms with Crippen molar-refractivity contribution in [2.24, 2.45) is 0 Å². The quantitative estimate of drug-likeness (QED) is 0.299. The number of nitro benzene ring substituents is 1. The number of nitrogen functional groups attached to an aromatic ring is 2. The number of hydrogen-bond acceptors (Lipinski definition) is 8. The Morgan fingerprint density at radius 1 is 1.30 bits per heavy atom. The molecule has 0 bridgehead atoms. The molecular formula is C12H11BrN6O3S. The standard InChI is InChI=1S/C12H11BrN6O3S/c13-7-3-6(19(21)22)1-2-8(7)16-11(20)5-23-12-17-9(14)4-10(15)18-12/h1-4H,5H2,(H,16,20)(H4,14,15,17,18). The van der Waals surface area contributed by atoms with E-state index in [-0.39, 0.29) is 29.0 Å². The molecule has 0 unspecified atom stereocenters. The van der Waals surface area contributed by atoms with Crippen LogP contribution in [0.2, 0.25) is 0 Å². The first-order valence-corrected chi connectivity index (χ1v) is 7.89. The summed E-state index contributed by atoms with van der Waals surface area (Å²) in [6.45, 7) is 0. The molecule has 2 aromatic rings. The zero-order valence-electron chi connectivity index (χ0n) is 11.5. The fourth-order valence-electron chi connectivity index (χ4n) is 1.56. The number of nitro groups is 1. The van der Waals surface area contributed by atoms with Crippen molar-refractivity contribution in [3.05, 3.63) is 38.9 Å². The first-order valence-electron chi connectivity index (χ1n) is 6.12. The zero-order valence-corrected chi connectivity index (χ0v) is 13.9. The summed E-state index contributed by atoms with van der Waals surface area (Å²) >= 11 is 4.25. The average molecular weight is 399 g/mol. The van der Waals surface area contributed by atoms with Gasteiger partial charge >= 0.3 is 0 Å². The molecule has 1 amide bonds. The maximum Gasteiger partial charge on any atom is 0.270 e.